The van der Waals surface area contributed by atoms with Crippen molar-refractivity contribution in [1.82, 2.24) is 15.1 Å². The Morgan fingerprint density at radius 1 is 1.26 bits per heavy atom. The molecule has 0 spiro atoms. The molecule has 1 aliphatic heterocycles. The molecule has 0 atom stereocenters. The van der Waals surface area contributed by atoms with Gasteiger partial charge in [0.25, 0.3) is 5.91 Å². The average molecular weight is 372 g/mol. The maximum atomic E-state index is 12.8. The molecule has 2 aromatic rings. The molecule has 0 radical (unpaired) electrons. The van der Waals surface area contributed by atoms with Gasteiger partial charge in [-0.3, -0.25) is 9.89 Å². The van der Waals surface area contributed by atoms with E-state index in [2.05, 4.69) is 10.2 Å². The maximum absolute atomic E-state index is 12.8. The third-order valence-electron chi connectivity index (χ3n) is 4.33. The van der Waals surface area contributed by atoms with E-state index < -0.39 is 5.60 Å². The first kappa shape index (κ1) is 18.8. The fourth-order valence-corrected chi connectivity index (χ4v) is 2.93. The Morgan fingerprint density at radius 2 is 1.93 bits per heavy atom. The molecular weight excluding hydrogens is 348 g/mol. The molecule has 0 saturated carbocycles. The summed E-state index contributed by atoms with van der Waals surface area (Å²) in [6.07, 6.45) is 0.145. The van der Waals surface area contributed by atoms with Crippen molar-refractivity contribution in [2.45, 2.75) is 39.3 Å². The van der Waals surface area contributed by atoms with Gasteiger partial charge in [-0.05, 0) is 51.5 Å². The van der Waals surface area contributed by atoms with Gasteiger partial charge in [0.1, 0.15) is 11.4 Å². The Hall–Kier alpha value is -3.03. The molecule has 2 heterocycles. The van der Waals surface area contributed by atoms with Crippen molar-refractivity contribution in [2.75, 3.05) is 18.5 Å². The molecule has 27 heavy (non-hydrogen) atoms. The van der Waals surface area contributed by atoms with Crippen molar-refractivity contribution in [3.8, 4) is 5.75 Å². The van der Waals surface area contributed by atoms with Crippen molar-refractivity contribution in [3.05, 3.63) is 41.2 Å². The van der Waals surface area contributed by atoms with E-state index in [0.29, 0.717) is 30.9 Å². The van der Waals surface area contributed by atoms with Crippen molar-refractivity contribution < 1.29 is 19.4 Å². The number of H-pyrrole nitrogens is 1. The van der Waals surface area contributed by atoms with Crippen LogP contribution in [0.25, 0.3) is 0 Å². The first-order valence-corrected chi connectivity index (χ1v) is 8.77. The molecule has 1 aromatic carbocycles. The van der Waals surface area contributed by atoms with Crippen LogP contribution in [0.4, 0.5) is 10.5 Å². The number of fused-ring (bicyclic) bond motifs is 1. The van der Waals surface area contributed by atoms with E-state index in [1.165, 1.54) is 17.0 Å². The zero-order valence-corrected chi connectivity index (χ0v) is 15.9. The smallest absolute Gasteiger partial charge is 0.410 e. The van der Waals surface area contributed by atoms with E-state index in [9.17, 15) is 14.7 Å². The Balaban J connectivity index is 1.75. The topological polar surface area (TPSA) is 98.8 Å². The predicted molar refractivity (Wildman–Crippen MR) is 99.8 cm³/mol. The minimum atomic E-state index is -0.556. The average Bonchev–Trinajstić information content (AvgIpc) is 3.02. The lowest BCUT2D eigenvalue weighted by Crippen LogP contribution is -2.40. The van der Waals surface area contributed by atoms with Gasteiger partial charge >= 0.3 is 6.09 Å². The number of phenolic OH excluding ortho intramolecular Hbond substituents is 1. The van der Waals surface area contributed by atoms with Gasteiger partial charge in [-0.15, -0.1) is 0 Å². The number of hydrogen-bond donors (Lipinski definition) is 2. The highest BCUT2D eigenvalue weighted by Crippen LogP contribution is 2.25. The van der Waals surface area contributed by atoms with Crippen molar-refractivity contribution in [3.63, 3.8) is 0 Å². The Bertz CT molecular complexity index is 852. The van der Waals surface area contributed by atoms with Gasteiger partial charge in [0.05, 0.1) is 12.2 Å². The number of aromatic hydroxyl groups is 1. The summed E-state index contributed by atoms with van der Waals surface area (Å²) >= 11 is 0. The molecule has 0 aliphatic carbocycles. The number of nitrogens with zero attached hydrogens (tertiary/aromatic N) is 3. The van der Waals surface area contributed by atoms with Crippen LogP contribution < -0.4 is 4.90 Å². The van der Waals surface area contributed by atoms with Gasteiger partial charge in [-0.2, -0.15) is 5.10 Å². The largest absolute Gasteiger partial charge is 0.508 e. The second-order valence-corrected chi connectivity index (χ2v) is 7.56. The summed E-state index contributed by atoms with van der Waals surface area (Å²) in [5.74, 6) is -0.108. The monoisotopic (exact) mass is 372 g/mol. The number of ether oxygens (including phenoxy) is 1. The summed E-state index contributed by atoms with van der Waals surface area (Å²) in [5.41, 5.74) is 2.02. The molecule has 0 unspecified atom stereocenters. The predicted octanol–water partition coefficient (Wildman–Crippen LogP) is 2.69. The standard InChI is InChI=1S/C19H24N4O4/c1-19(2,3)27-18(26)23-10-9-14-15(11-23)20-21-16(14)17(25)22(4)12-5-7-13(24)8-6-12/h5-8,24H,9-11H2,1-4H3,(H,20,21). The quantitative estimate of drug-likeness (QED) is 0.844. The van der Waals surface area contributed by atoms with E-state index in [1.54, 1.807) is 24.1 Å². The fourth-order valence-electron chi connectivity index (χ4n) is 2.93. The number of amides is 2. The highest BCUT2D eigenvalue weighted by atomic mass is 16.6. The number of carbonyl (C=O) groups is 2. The van der Waals surface area contributed by atoms with E-state index in [1.807, 2.05) is 20.8 Å². The lowest BCUT2D eigenvalue weighted by molar-refractivity contribution is 0.0221. The first-order chi connectivity index (χ1) is 12.7. The number of hydrogen-bond acceptors (Lipinski definition) is 5. The molecule has 0 bridgehead atoms. The van der Waals surface area contributed by atoms with E-state index in [4.69, 9.17) is 4.74 Å². The molecule has 1 aliphatic rings. The third-order valence-corrected chi connectivity index (χ3v) is 4.33. The van der Waals surface area contributed by atoms with Crippen LogP contribution >= 0.6 is 0 Å². The second-order valence-electron chi connectivity index (χ2n) is 7.56. The van der Waals surface area contributed by atoms with Crippen LogP contribution in [0, 0.1) is 0 Å². The van der Waals surface area contributed by atoms with Gasteiger partial charge in [0.2, 0.25) is 0 Å². The third kappa shape index (κ3) is 4.05. The number of nitrogens with one attached hydrogen (secondary N) is 1. The SMILES string of the molecule is CN(C(=O)c1n[nH]c2c1CCN(C(=O)OC(C)(C)C)C2)c1ccc(O)cc1. The summed E-state index contributed by atoms with van der Waals surface area (Å²) in [4.78, 5) is 28.2. The van der Waals surface area contributed by atoms with Crippen LogP contribution in [0.3, 0.4) is 0 Å². The summed E-state index contributed by atoms with van der Waals surface area (Å²) in [5, 5.41) is 16.5. The number of rotatable bonds is 2. The van der Waals surface area contributed by atoms with Gasteiger partial charge in [-0.25, -0.2) is 4.79 Å². The number of benzene rings is 1. The summed E-state index contributed by atoms with van der Waals surface area (Å²) in [6.45, 7) is 6.27. The Kier molecular flexibility index (Phi) is 4.82. The maximum Gasteiger partial charge on any atom is 0.410 e. The lowest BCUT2D eigenvalue weighted by Gasteiger charge is -2.30. The zero-order valence-electron chi connectivity index (χ0n) is 15.9. The molecule has 0 saturated heterocycles. The van der Waals surface area contributed by atoms with Gasteiger partial charge in [0, 0.05) is 24.8 Å². The van der Waals surface area contributed by atoms with Crippen LogP contribution in [0.2, 0.25) is 0 Å². The molecule has 0 fully saturated rings. The zero-order chi connectivity index (χ0) is 19.8. The Labute approximate surface area is 157 Å². The van der Waals surface area contributed by atoms with Crippen molar-refractivity contribution in [2.24, 2.45) is 0 Å². The van der Waals surface area contributed by atoms with Crippen LogP contribution in [0.5, 0.6) is 5.75 Å². The molecule has 3 rings (SSSR count). The molecule has 2 N–H and O–H groups in total. The summed E-state index contributed by atoms with van der Waals surface area (Å²) in [6, 6.07) is 6.38. The molecule has 8 nitrogen and oxygen atoms in total. The van der Waals surface area contributed by atoms with Crippen LogP contribution in [0.1, 0.15) is 42.5 Å². The van der Waals surface area contributed by atoms with Gasteiger partial charge < -0.3 is 19.6 Å². The molecular formula is C19H24N4O4. The molecule has 8 heteroatoms. The van der Waals surface area contributed by atoms with E-state index in [0.717, 1.165) is 11.3 Å². The first-order valence-electron chi connectivity index (χ1n) is 8.77. The van der Waals surface area contributed by atoms with Crippen molar-refractivity contribution in [1.29, 1.82) is 0 Å². The normalized spacial score (nSPS) is 13.9. The minimum absolute atomic E-state index is 0.138. The Morgan fingerprint density at radius 3 is 2.56 bits per heavy atom. The fraction of sp³-hybridized carbons (Fsp3) is 0.421. The van der Waals surface area contributed by atoms with Crippen LogP contribution in [0.15, 0.2) is 24.3 Å². The summed E-state index contributed by atoms with van der Waals surface area (Å²) < 4.78 is 5.41. The van der Waals surface area contributed by atoms with Crippen LogP contribution in [-0.2, 0) is 17.7 Å². The molecule has 144 valence electrons. The lowest BCUT2D eigenvalue weighted by atomic mass is 10.0. The highest BCUT2D eigenvalue weighted by molar-refractivity contribution is 6.05. The molecule has 2 amide bonds. The van der Waals surface area contributed by atoms with Gasteiger partial charge in [-0.1, -0.05) is 0 Å². The number of carbonyl (C=O) groups excluding carboxylic acids is 2. The van der Waals surface area contributed by atoms with Gasteiger partial charge in [0.15, 0.2) is 5.69 Å². The number of anilines is 1. The minimum Gasteiger partial charge on any atom is -0.508 e. The van der Waals surface area contributed by atoms with Crippen molar-refractivity contribution >= 4 is 17.7 Å². The summed E-state index contributed by atoms with van der Waals surface area (Å²) in [7, 11) is 1.66. The van der Waals surface area contributed by atoms with E-state index in [-0.39, 0.29) is 17.7 Å². The van der Waals surface area contributed by atoms with Crippen LogP contribution in [-0.4, -0.2) is 51.4 Å². The van der Waals surface area contributed by atoms with E-state index >= 15 is 0 Å². The highest BCUT2D eigenvalue weighted by Gasteiger charge is 2.31. The molecule has 1 aromatic heterocycles. The number of aromatic nitrogens is 2. The number of phenols is 1. The number of aromatic amines is 1. The second kappa shape index (κ2) is 6.94.